The van der Waals surface area contributed by atoms with Gasteiger partial charge in [0.15, 0.2) is 11.8 Å². The van der Waals surface area contributed by atoms with Crippen LogP contribution in [0.5, 0.6) is 11.6 Å². The van der Waals surface area contributed by atoms with Gasteiger partial charge in [0.2, 0.25) is 11.8 Å². The van der Waals surface area contributed by atoms with Crippen LogP contribution in [0, 0.1) is 11.7 Å². The number of guanidine groups is 1. The van der Waals surface area contributed by atoms with Gasteiger partial charge in [-0.2, -0.15) is 5.10 Å². The Morgan fingerprint density at radius 2 is 2.19 bits per heavy atom. The van der Waals surface area contributed by atoms with E-state index in [1.165, 1.54) is 29.4 Å². The molecular weight excluding hydrogens is 417 g/mol. The summed E-state index contributed by atoms with van der Waals surface area (Å²) in [6, 6.07) is 7.65. The van der Waals surface area contributed by atoms with Crippen molar-refractivity contribution in [1.82, 2.24) is 24.6 Å². The molecule has 2 aliphatic heterocycles. The van der Waals surface area contributed by atoms with Crippen LogP contribution in [0.25, 0.3) is 5.82 Å². The Balaban J connectivity index is 1.53. The fraction of sp³-hybridized carbons (Fsp3) is 0.286. The lowest BCUT2D eigenvalue weighted by atomic mass is 9.74. The summed E-state index contributed by atoms with van der Waals surface area (Å²) < 4.78 is 28.1. The lowest BCUT2D eigenvalue weighted by Gasteiger charge is -2.45. The molecule has 1 fully saturated rings. The number of amides is 1. The summed E-state index contributed by atoms with van der Waals surface area (Å²) in [5.74, 6) is -0.233. The molecule has 1 amide bonds. The summed E-state index contributed by atoms with van der Waals surface area (Å²) in [6.07, 6.45) is 5.13. The lowest BCUT2D eigenvalue weighted by Crippen LogP contribution is -2.58. The van der Waals surface area contributed by atoms with E-state index in [1.807, 2.05) is 0 Å². The van der Waals surface area contributed by atoms with E-state index in [0.29, 0.717) is 24.6 Å². The molecule has 4 heterocycles. The number of nitrogens with zero attached hydrogens (tertiary/aromatic N) is 6. The smallest absolute Gasteiger partial charge is 0.235 e. The normalized spacial score (nSPS) is 22.9. The molecule has 5 rings (SSSR count). The van der Waals surface area contributed by atoms with Gasteiger partial charge in [-0.1, -0.05) is 0 Å². The van der Waals surface area contributed by atoms with Crippen LogP contribution in [0.2, 0.25) is 0 Å². The Bertz CT molecular complexity index is 1200. The van der Waals surface area contributed by atoms with Gasteiger partial charge in [0, 0.05) is 37.7 Å². The van der Waals surface area contributed by atoms with Crippen LogP contribution >= 0.6 is 0 Å². The third-order valence-corrected chi connectivity index (χ3v) is 5.73. The Morgan fingerprint density at radius 3 is 3.00 bits per heavy atom. The molecule has 0 aliphatic carbocycles. The maximum absolute atomic E-state index is 15.1. The highest BCUT2D eigenvalue weighted by molar-refractivity contribution is 6.00. The first-order valence-electron chi connectivity index (χ1n) is 9.98. The number of aliphatic imine (C=N–C) groups is 1. The van der Waals surface area contributed by atoms with Gasteiger partial charge in [0.05, 0.1) is 12.5 Å². The first-order chi connectivity index (χ1) is 15.5. The van der Waals surface area contributed by atoms with Crippen molar-refractivity contribution in [2.24, 2.45) is 16.6 Å². The Labute approximate surface area is 182 Å². The number of carbonyl (C=O) groups is 1. The minimum atomic E-state index is -1.26. The minimum absolute atomic E-state index is 0.0159. The minimum Gasteiger partial charge on any atom is -0.439 e. The standard InChI is InChI=1S/C21H20FN7O3/c1-28-19(30)14-5-8-31-11-21(14,27-20(28)23)15-9-13(3-4-16(15)22)32-18-10-17(24-12-25-18)29-7-2-6-26-29/h2-4,6-7,9-10,12,14H,5,8,11H2,1H3,(H2,23,27). The van der Waals surface area contributed by atoms with Gasteiger partial charge in [0.25, 0.3) is 0 Å². The van der Waals surface area contributed by atoms with Gasteiger partial charge in [-0.05, 0) is 30.7 Å². The maximum atomic E-state index is 15.1. The van der Waals surface area contributed by atoms with E-state index < -0.39 is 17.3 Å². The number of hydrogen-bond acceptors (Lipinski definition) is 8. The van der Waals surface area contributed by atoms with Crippen LogP contribution in [0.4, 0.5) is 4.39 Å². The van der Waals surface area contributed by atoms with Gasteiger partial charge in [-0.3, -0.25) is 9.69 Å². The number of hydrogen-bond donors (Lipinski definition) is 1. The van der Waals surface area contributed by atoms with E-state index in [9.17, 15) is 4.79 Å². The SMILES string of the molecule is CN1C(=O)C2CCOCC2(c2cc(Oc3cc(-n4cccn4)ncn3)ccc2F)N=C1N. The van der Waals surface area contributed by atoms with Crippen molar-refractivity contribution in [3.05, 3.63) is 60.4 Å². The van der Waals surface area contributed by atoms with E-state index in [1.54, 1.807) is 36.3 Å². The highest BCUT2D eigenvalue weighted by atomic mass is 19.1. The molecule has 0 spiro atoms. The molecular formula is C21H20FN7O3. The number of rotatable bonds is 4. The predicted molar refractivity (Wildman–Crippen MR) is 111 cm³/mol. The van der Waals surface area contributed by atoms with Crippen molar-refractivity contribution in [1.29, 1.82) is 0 Å². The van der Waals surface area contributed by atoms with Crippen LogP contribution < -0.4 is 10.5 Å². The van der Waals surface area contributed by atoms with Gasteiger partial charge >= 0.3 is 0 Å². The molecule has 2 N–H and O–H groups in total. The van der Waals surface area contributed by atoms with E-state index >= 15 is 4.39 Å². The maximum Gasteiger partial charge on any atom is 0.235 e. The number of carbonyl (C=O) groups excluding carboxylic acids is 1. The van der Waals surface area contributed by atoms with Crippen molar-refractivity contribution in [3.63, 3.8) is 0 Å². The van der Waals surface area contributed by atoms with Crippen molar-refractivity contribution in [2.45, 2.75) is 12.0 Å². The molecule has 32 heavy (non-hydrogen) atoms. The fourth-order valence-electron chi connectivity index (χ4n) is 4.09. The number of aromatic nitrogens is 4. The van der Waals surface area contributed by atoms with E-state index in [2.05, 4.69) is 20.1 Å². The van der Waals surface area contributed by atoms with Gasteiger partial charge < -0.3 is 15.2 Å². The first kappa shape index (κ1) is 20.1. The fourth-order valence-corrected chi connectivity index (χ4v) is 4.09. The second-order valence-corrected chi connectivity index (χ2v) is 7.59. The molecule has 1 aromatic carbocycles. The number of fused-ring (bicyclic) bond motifs is 1. The van der Waals surface area contributed by atoms with Crippen LogP contribution in [0.3, 0.4) is 0 Å². The average Bonchev–Trinajstić information content (AvgIpc) is 3.34. The van der Waals surface area contributed by atoms with Crippen LogP contribution in [0.15, 0.2) is 54.0 Å². The molecule has 11 heteroatoms. The molecule has 2 atom stereocenters. The zero-order valence-corrected chi connectivity index (χ0v) is 17.2. The Kier molecular flexibility index (Phi) is 4.82. The second-order valence-electron chi connectivity index (χ2n) is 7.59. The van der Waals surface area contributed by atoms with Gasteiger partial charge in [-0.25, -0.2) is 24.0 Å². The molecule has 0 saturated carbocycles. The number of halogens is 1. The van der Waals surface area contributed by atoms with E-state index in [-0.39, 0.29) is 29.9 Å². The van der Waals surface area contributed by atoms with E-state index in [0.717, 1.165) is 0 Å². The Morgan fingerprint density at radius 1 is 1.31 bits per heavy atom. The topological polar surface area (TPSA) is 121 Å². The molecule has 2 aromatic heterocycles. The van der Waals surface area contributed by atoms with Gasteiger partial charge in [0.1, 0.15) is 23.4 Å². The van der Waals surface area contributed by atoms with Crippen LogP contribution in [-0.2, 0) is 15.1 Å². The largest absolute Gasteiger partial charge is 0.439 e. The molecule has 3 aromatic rings. The molecule has 10 nitrogen and oxygen atoms in total. The average molecular weight is 437 g/mol. The predicted octanol–water partition coefficient (Wildman–Crippen LogP) is 1.61. The number of benzene rings is 1. The van der Waals surface area contributed by atoms with Crippen molar-refractivity contribution < 1.29 is 18.7 Å². The third kappa shape index (κ3) is 3.26. The zero-order valence-electron chi connectivity index (χ0n) is 17.2. The summed E-state index contributed by atoms with van der Waals surface area (Å²) >= 11 is 0. The summed E-state index contributed by atoms with van der Waals surface area (Å²) in [7, 11) is 1.56. The number of nitrogens with two attached hydrogens (primary N) is 1. The lowest BCUT2D eigenvalue weighted by molar-refractivity contribution is -0.140. The quantitative estimate of drug-likeness (QED) is 0.658. The summed E-state index contributed by atoms with van der Waals surface area (Å²) in [6.45, 7) is 0.422. The molecule has 1 saturated heterocycles. The van der Waals surface area contributed by atoms with Crippen molar-refractivity contribution in [3.8, 4) is 17.4 Å². The molecule has 2 unspecified atom stereocenters. The highest BCUT2D eigenvalue weighted by Gasteiger charge is 2.52. The monoisotopic (exact) mass is 437 g/mol. The molecule has 0 radical (unpaired) electrons. The van der Waals surface area contributed by atoms with E-state index in [4.69, 9.17) is 15.2 Å². The summed E-state index contributed by atoms with van der Waals surface area (Å²) in [5, 5.41) is 4.13. The van der Waals surface area contributed by atoms with Crippen molar-refractivity contribution in [2.75, 3.05) is 20.3 Å². The summed E-state index contributed by atoms with van der Waals surface area (Å²) in [4.78, 5) is 27.0. The number of ether oxygens (including phenoxy) is 2. The molecule has 2 aliphatic rings. The molecule has 164 valence electrons. The van der Waals surface area contributed by atoms with Crippen LogP contribution in [-0.4, -0.2) is 56.8 Å². The van der Waals surface area contributed by atoms with Gasteiger partial charge in [-0.15, -0.1) is 0 Å². The third-order valence-electron chi connectivity index (χ3n) is 5.73. The highest BCUT2D eigenvalue weighted by Crippen LogP contribution is 2.44. The van der Waals surface area contributed by atoms with Crippen LogP contribution in [0.1, 0.15) is 12.0 Å². The van der Waals surface area contributed by atoms with Crippen molar-refractivity contribution >= 4 is 11.9 Å². The summed E-state index contributed by atoms with van der Waals surface area (Å²) in [5.41, 5.74) is 4.92. The Hall–Kier alpha value is -3.86. The second kappa shape index (κ2) is 7.68. The zero-order chi connectivity index (χ0) is 22.3. The first-order valence-corrected chi connectivity index (χ1v) is 9.98. The molecule has 0 bridgehead atoms.